The summed E-state index contributed by atoms with van der Waals surface area (Å²) < 4.78 is 5.27. The average Bonchev–Trinajstić information content (AvgIpc) is 3.14. The van der Waals surface area contributed by atoms with Gasteiger partial charge in [0, 0.05) is 18.0 Å². The Morgan fingerprint density at radius 2 is 2.08 bits per heavy atom. The van der Waals surface area contributed by atoms with Crippen LogP contribution in [0.5, 0.6) is 5.75 Å². The molecule has 1 atom stereocenters. The van der Waals surface area contributed by atoms with Gasteiger partial charge in [-0.25, -0.2) is 4.99 Å². The summed E-state index contributed by atoms with van der Waals surface area (Å²) in [4.78, 5) is 8.27. The van der Waals surface area contributed by atoms with E-state index < -0.39 is 0 Å². The van der Waals surface area contributed by atoms with Crippen LogP contribution in [-0.2, 0) is 6.54 Å². The van der Waals surface area contributed by atoms with Gasteiger partial charge in [0.05, 0.1) is 19.7 Å². The highest BCUT2D eigenvalue weighted by Crippen LogP contribution is 2.22. The molecule has 0 radical (unpaired) electrons. The molecule has 2 N–H and O–H groups in total. The number of aliphatic imine (C=N–C) groups is 1. The van der Waals surface area contributed by atoms with Crippen molar-refractivity contribution < 1.29 is 4.74 Å². The molecule has 136 valence electrons. The summed E-state index contributed by atoms with van der Waals surface area (Å²) in [6.45, 7) is 4.32. The van der Waals surface area contributed by atoms with Crippen LogP contribution in [0.15, 0.2) is 46.8 Å². The molecule has 1 aromatic carbocycles. The molecule has 1 aromatic heterocycles. The Balaban J connectivity index is 2.01. The first-order chi connectivity index (χ1) is 12.1. The summed E-state index contributed by atoms with van der Waals surface area (Å²) in [5.41, 5.74) is 1.12. The summed E-state index contributed by atoms with van der Waals surface area (Å²) in [5.74, 6) is 1.68. The van der Waals surface area contributed by atoms with Gasteiger partial charge in [-0.05, 0) is 50.2 Å². The summed E-state index contributed by atoms with van der Waals surface area (Å²) >= 11 is 1.78. The maximum atomic E-state index is 5.27. The molecule has 0 aliphatic rings. The van der Waals surface area contributed by atoms with Crippen molar-refractivity contribution in [2.45, 2.75) is 19.5 Å². The molecule has 25 heavy (non-hydrogen) atoms. The monoisotopic (exact) mass is 360 g/mol. The molecular formula is C19H28N4OS. The zero-order chi connectivity index (χ0) is 18.1. The molecule has 0 bridgehead atoms. The second-order valence-electron chi connectivity index (χ2n) is 5.92. The Bertz CT molecular complexity index is 655. The predicted molar refractivity (Wildman–Crippen MR) is 107 cm³/mol. The fraction of sp³-hybridized carbons (Fsp3) is 0.421. The third-order valence-corrected chi connectivity index (χ3v) is 4.83. The number of rotatable bonds is 8. The maximum absolute atomic E-state index is 5.27. The van der Waals surface area contributed by atoms with Gasteiger partial charge in [-0.3, -0.25) is 0 Å². The lowest BCUT2D eigenvalue weighted by Crippen LogP contribution is -2.41. The Hall–Kier alpha value is -2.05. The molecule has 1 unspecified atom stereocenters. The molecule has 5 nitrogen and oxygen atoms in total. The third kappa shape index (κ3) is 6.07. The highest BCUT2D eigenvalue weighted by atomic mass is 32.1. The average molecular weight is 361 g/mol. The highest BCUT2D eigenvalue weighted by molar-refractivity contribution is 7.10. The minimum atomic E-state index is 0.320. The molecule has 1 heterocycles. The van der Waals surface area contributed by atoms with E-state index in [9.17, 15) is 0 Å². The molecule has 0 aliphatic heterocycles. The second-order valence-corrected chi connectivity index (χ2v) is 6.90. The first-order valence-electron chi connectivity index (χ1n) is 8.49. The molecule has 6 heteroatoms. The van der Waals surface area contributed by atoms with E-state index >= 15 is 0 Å². The van der Waals surface area contributed by atoms with Gasteiger partial charge in [0.1, 0.15) is 5.75 Å². The summed E-state index contributed by atoms with van der Waals surface area (Å²) in [7, 11) is 5.89. The lowest BCUT2D eigenvalue weighted by Gasteiger charge is -2.24. The molecule has 0 fully saturated rings. The van der Waals surface area contributed by atoms with Crippen LogP contribution >= 0.6 is 11.3 Å². The maximum Gasteiger partial charge on any atom is 0.191 e. The van der Waals surface area contributed by atoms with E-state index in [1.807, 2.05) is 18.2 Å². The number of ether oxygens (including phenoxy) is 1. The molecule has 2 aromatic rings. The topological polar surface area (TPSA) is 48.9 Å². The Labute approximate surface area is 154 Å². The molecule has 0 saturated heterocycles. The smallest absolute Gasteiger partial charge is 0.191 e. The SMILES string of the molecule is CCNC(=NCc1cccc(OC)c1)NCC(c1cccs1)N(C)C. The first-order valence-corrected chi connectivity index (χ1v) is 9.37. The van der Waals surface area contributed by atoms with Crippen molar-refractivity contribution >= 4 is 17.3 Å². The third-order valence-electron chi connectivity index (χ3n) is 3.86. The molecule has 0 amide bonds. The van der Waals surface area contributed by atoms with Gasteiger partial charge in [0.15, 0.2) is 5.96 Å². The van der Waals surface area contributed by atoms with Crippen LogP contribution in [0.1, 0.15) is 23.4 Å². The quantitative estimate of drug-likeness (QED) is 0.561. The summed E-state index contributed by atoms with van der Waals surface area (Å²) in [5, 5.41) is 8.89. The number of thiophene rings is 1. The zero-order valence-electron chi connectivity index (χ0n) is 15.5. The van der Waals surface area contributed by atoms with E-state index in [4.69, 9.17) is 9.73 Å². The lowest BCUT2D eigenvalue weighted by molar-refractivity contribution is 0.302. The van der Waals surface area contributed by atoms with Crippen LogP contribution in [-0.4, -0.2) is 45.2 Å². The number of hydrogen-bond donors (Lipinski definition) is 2. The van der Waals surface area contributed by atoms with Crippen molar-refractivity contribution in [2.75, 3.05) is 34.3 Å². The van der Waals surface area contributed by atoms with Crippen molar-refractivity contribution in [3.8, 4) is 5.75 Å². The molecule has 0 aliphatic carbocycles. The number of nitrogens with zero attached hydrogens (tertiary/aromatic N) is 2. The van der Waals surface area contributed by atoms with Gasteiger partial charge in [-0.15, -0.1) is 11.3 Å². The molecule has 0 saturated carbocycles. The van der Waals surface area contributed by atoms with Gasteiger partial charge in [-0.1, -0.05) is 18.2 Å². The summed E-state index contributed by atoms with van der Waals surface area (Å²) in [6, 6.07) is 12.6. The van der Waals surface area contributed by atoms with Gasteiger partial charge in [-0.2, -0.15) is 0 Å². The lowest BCUT2D eigenvalue weighted by atomic mass is 10.2. The Morgan fingerprint density at radius 3 is 2.72 bits per heavy atom. The number of benzene rings is 1. The second kappa shape index (κ2) is 10.1. The highest BCUT2D eigenvalue weighted by Gasteiger charge is 2.15. The van der Waals surface area contributed by atoms with Crippen LogP contribution < -0.4 is 15.4 Å². The van der Waals surface area contributed by atoms with Gasteiger partial charge in [0.2, 0.25) is 0 Å². The minimum absolute atomic E-state index is 0.320. The number of likely N-dealkylation sites (N-methyl/N-ethyl adjacent to an activating group) is 1. The van der Waals surface area contributed by atoms with Crippen LogP contribution in [0.4, 0.5) is 0 Å². The van der Waals surface area contributed by atoms with Crippen molar-refractivity contribution in [1.82, 2.24) is 15.5 Å². The van der Waals surface area contributed by atoms with E-state index in [0.29, 0.717) is 12.6 Å². The Kier molecular flexibility index (Phi) is 7.76. The molecule has 0 spiro atoms. The van der Waals surface area contributed by atoms with Gasteiger partial charge < -0.3 is 20.3 Å². The van der Waals surface area contributed by atoms with Gasteiger partial charge in [0.25, 0.3) is 0 Å². The first kappa shape index (κ1) is 19.3. The van der Waals surface area contributed by atoms with E-state index in [1.165, 1.54) is 4.88 Å². The minimum Gasteiger partial charge on any atom is -0.497 e. The number of nitrogens with one attached hydrogen (secondary N) is 2. The molecule has 2 rings (SSSR count). The van der Waals surface area contributed by atoms with E-state index in [1.54, 1.807) is 18.4 Å². The predicted octanol–water partition coefficient (Wildman–Crippen LogP) is 3.11. The number of guanidine groups is 1. The van der Waals surface area contributed by atoms with E-state index in [2.05, 4.69) is 60.1 Å². The fourth-order valence-corrected chi connectivity index (χ4v) is 3.42. The zero-order valence-corrected chi connectivity index (χ0v) is 16.3. The summed E-state index contributed by atoms with van der Waals surface area (Å²) in [6.07, 6.45) is 0. The largest absolute Gasteiger partial charge is 0.497 e. The Morgan fingerprint density at radius 1 is 1.24 bits per heavy atom. The van der Waals surface area contributed by atoms with E-state index in [0.717, 1.165) is 30.4 Å². The van der Waals surface area contributed by atoms with E-state index in [-0.39, 0.29) is 0 Å². The van der Waals surface area contributed by atoms with Gasteiger partial charge >= 0.3 is 0 Å². The van der Waals surface area contributed by atoms with Crippen LogP contribution in [0.2, 0.25) is 0 Å². The number of hydrogen-bond acceptors (Lipinski definition) is 4. The van der Waals surface area contributed by atoms with Crippen LogP contribution in [0.25, 0.3) is 0 Å². The van der Waals surface area contributed by atoms with Crippen molar-refractivity contribution in [1.29, 1.82) is 0 Å². The van der Waals surface area contributed by atoms with Crippen molar-refractivity contribution in [3.05, 3.63) is 52.2 Å². The normalized spacial score (nSPS) is 12.9. The standard InChI is InChI=1S/C19H28N4OS/c1-5-20-19(21-13-15-8-6-9-16(12-15)24-4)22-14-17(23(2)3)18-10-7-11-25-18/h6-12,17H,5,13-14H2,1-4H3,(H2,20,21,22). The van der Waals surface area contributed by atoms with Crippen molar-refractivity contribution in [2.24, 2.45) is 4.99 Å². The van der Waals surface area contributed by atoms with Crippen LogP contribution in [0, 0.1) is 0 Å². The number of methoxy groups -OCH3 is 1. The van der Waals surface area contributed by atoms with Crippen molar-refractivity contribution in [3.63, 3.8) is 0 Å². The van der Waals surface area contributed by atoms with Crippen LogP contribution in [0.3, 0.4) is 0 Å². The molecular weight excluding hydrogens is 332 g/mol. The fourth-order valence-electron chi connectivity index (χ4n) is 2.49.